The molecule has 4 atom stereocenters. The highest BCUT2D eigenvalue weighted by Crippen LogP contribution is 2.31. The van der Waals surface area contributed by atoms with E-state index < -0.39 is 30.3 Å². The fraction of sp³-hybridized carbons (Fsp3) is 0.485. The van der Waals surface area contributed by atoms with Crippen LogP contribution in [0.1, 0.15) is 56.0 Å². The standard InChI is InChI=1S/C33H43N5O6/c1-6-25(35-33(43)44-20-22-10-8-7-9-11-22)31(41)38-19-28(39)29-27(38)16-17-37(29)32(42)26(18-21(2)3)34-30(40)23-12-14-24(15-13-23)36(4)5/h7-15,21,25-27,29H,6,16-20H2,1-5H3,(H,34,40)(H,35,43)/t25-,26-,27+,29?/m0/s1. The molecule has 2 heterocycles. The molecule has 0 spiro atoms. The van der Waals surface area contributed by atoms with E-state index in [-0.39, 0.29) is 49.1 Å². The smallest absolute Gasteiger partial charge is 0.408 e. The van der Waals surface area contributed by atoms with Crippen molar-refractivity contribution in [3.05, 3.63) is 65.7 Å². The number of benzene rings is 2. The molecule has 2 aromatic rings. The average Bonchev–Trinajstić information content (AvgIpc) is 3.59. The molecule has 236 valence electrons. The number of likely N-dealkylation sites (tertiary alicyclic amines) is 2. The molecule has 0 bridgehead atoms. The molecule has 2 N–H and O–H groups in total. The quantitative estimate of drug-likeness (QED) is 0.403. The monoisotopic (exact) mass is 605 g/mol. The van der Waals surface area contributed by atoms with Crippen molar-refractivity contribution >= 4 is 35.3 Å². The van der Waals surface area contributed by atoms with Crippen LogP contribution in [0.4, 0.5) is 10.5 Å². The molecule has 11 heteroatoms. The summed E-state index contributed by atoms with van der Waals surface area (Å²) in [5.74, 6) is -1.20. The summed E-state index contributed by atoms with van der Waals surface area (Å²) in [5, 5.41) is 5.53. The summed E-state index contributed by atoms with van der Waals surface area (Å²) in [6.07, 6.45) is 0.417. The van der Waals surface area contributed by atoms with Crippen LogP contribution in [0.2, 0.25) is 0 Å². The van der Waals surface area contributed by atoms with Crippen LogP contribution < -0.4 is 15.5 Å². The van der Waals surface area contributed by atoms with Crippen LogP contribution in [-0.2, 0) is 25.7 Å². The first kappa shape index (κ1) is 32.5. The Morgan fingerprint density at radius 1 is 0.932 bits per heavy atom. The zero-order valence-corrected chi connectivity index (χ0v) is 26.1. The normalized spacial score (nSPS) is 18.9. The zero-order chi connectivity index (χ0) is 32.0. The predicted octanol–water partition coefficient (Wildman–Crippen LogP) is 2.98. The first-order valence-corrected chi connectivity index (χ1v) is 15.2. The number of ether oxygens (including phenoxy) is 1. The van der Waals surface area contributed by atoms with Crippen LogP contribution in [-0.4, -0.2) is 90.8 Å². The van der Waals surface area contributed by atoms with E-state index in [0.717, 1.165) is 11.3 Å². The molecule has 0 aliphatic carbocycles. The van der Waals surface area contributed by atoms with Gasteiger partial charge in [-0.2, -0.15) is 0 Å². The predicted molar refractivity (Wildman–Crippen MR) is 166 cm³/mol. The van der Waals surface area contributed by atoms with Crippen LogP contribution >= 0.6 is 0 Å². The van der Waals surface area contributed by atoms with Gasteiger partial charge in [0.25, 0.3) is 5.91 Å². The molecule has 0 saturated carbocycles. The Labute approximate surface area is 258 Å². The van der Waals surface area contributed by atoms with Crippen molar-refractivity contribution in [2.45, 2.75) is 70.8 Å². The van der Waals surface area contributed by atoms with Gasteiger partial charge in [0.2, 0.25) is 11.8 Å². The van der Waals surface area contributed by atoms with Crippen LogP contribution in [0.15, 0.2) is 54.6 Å². The first-order chi connectivity index (χ1) is 21.0. The Balaban J connectivity index is 1.41. The third-order valence-corrected chi connectivity index (χ3v) is 8.16. The molecule has 2 fully saturated rings. The van der Waals surface area contributed by atoms with E-state index >= 15 is 0 Å². The van der Waals surface area contributed by atoms with Gasteiger partial charge in [-0.05, 0) is 55.0 Å². The lowest BCUT2D eigenvalue weighted by Gasteiger charge is -2.29. The van der Waals surface area contributed by atoms with Gasteiger partial charge in [-0.15, -0.1) is 0 Å². The third kappa shape index (κ3) is 7.56. The fourth-order valence-corrected chi connectivity index (χ4v) is 5.85. The molecule has 4 amide bonds. The largest absolute Gasteiger partial charge is 0.445 e. The van der Waals surface area contributed by atoms with Crippen molar-refractivity contribution in [2.24, 2.45) is 5.92 Å². The van der Waals surface area contributed by atoms with Crippen LogP contribution in [0.3, 0.4) is 0 Å². The number of Topliss-reactive ketones (excluding diaryl/α,β-unsaturated/α-hetero) is 1. The highest BCUT2D eigenvalue weighted by molar-refractivity contribution is 6.01. The third-order valence-electron chi connectivity index (χ3n) is 8.16. The average molecular weight is 606 g/mol. The molecule has 2 saturated heterocycles. The minimum atomic E-state index is -0.874. The summed E-state index contributed by atoms with van der Waals surface area (Å²) in [6.45, 7) is 5.91. The lowest BCUT2D eigenvalue weighted by Crippen LogP contribution is -2.53. The molecule has 2 aromatic carbocycles. The second-order valence-electron chi connectivity index (χ2n) is 12.0. The van der Waals surface area contributed by atoms with E-state index in [0.29, 0.717) is 24.8 Å². The Morgan fingerprint density at radius 2 is 1.59 bits per heavy atom. The van der Waals surface area contributed by atoms with E-state index in [1.165, 1.54) is 9.80 Å². The molecular weight excluding hydrogens is 562 g/mol. The summed E-state index contributed by atoms with van der Waals surface area (Å²) >= 11 is 0. The summed E-state index contributed by atoms with van der Waals surface area (Å²) in [7, 11) is 3.82. The van der Waals surface area contributed by atoms with Crippen LogP contribution in [0.25, 0.3) is 0 Å². The maximum atomic E-state index is 13.9. The minimum absolute atomic E-state index is 0.0662. The molecular formula is C33H43N5O6. The zero-order valence-electron chi connectivity index (χ0n) is 26.1. The molecule has 0 radical (unpaired) electrons. The van der Waals surface area contributed by atoms with Crippen LogP contribution in [0, 0.1) is 5.92 Å². The van der Waals surface area contributed by atoms with Gasteiger partial charge in [-0.25, -0.2) is 4.79 Å². The van der Waals surface area contributed by atoms with Crippen molar-refractivity contribution in [3.63, 3.8) is 0 Å². The Morgan fingerprint density at radius 3 is 2.20 bits per heavy atom. The van der Waals surface area contributed by atoms with E-state index in [2.05, 4.69) is 10.6 Å². The topological polar surface area (TPSA) is 128 Å². The molecule has 4 rings (SSSR count). The lowest BCUT2D eigenvalue weighted by atomic mass is 10.0. The number of anilines is 1. The minimum Gasteiger partial charge on any atom is -0.445 e. The second-order valence-corrected chi connectivity index (χ2v) is 12.0. The molecule has 2 aliphatic rings. The molecule has 2 aliphatic heterocycles. The number of carbonyl (C=O) groups is 5. The summed E-state index contributed by atoms with van der Waals surface area (Å²) in [4.78, 5) is 71.2. The molecule has 44 heavy (non-hydrogen) atoms. The number of nitrogens with zero attached hydrogens (tertiary/aromatic N) is 3. The Kier molecular flexibility index (Phi) is 10.6. The van der Waals surface area contributed by atoms with E-state index in [1.807, 2.05) is 75.3 Å². The van der Waals surface area contributed by atoms with Gasteiger partial charge in [0.15, 0.2) is 5.78 Å². The number of nitrogens with one attached hydrogen (secondary N) is 2. The maximum Gasteiger partial charge on any atom is 0.408 e. The van der Waals surface area contributed by atoms with Crippen LogP contribution in [0.5, 0.6) is 0 Å². The maximum absolute atomic E-state index is 13.9. The number of hydrogen-bond donors (Lipinski definition) is 2. The summed E-state index contributed by atoms with van der Waals surface area (Å²) < 4.78 is 5.29. The van der Waals surface area contributed by atoms with Gasteiger partial charge in [-0.3, -0.25) is 19.2 Å². The SMILES string of the molecule is CC[C@H](NC(=O)OCc1ccccc1)C(=O)N1CC(=O)C2[C@H]1CCN2C(=O)[C@H](CC(C)C)NC(=O)c1ccc(N(C)C)cc1. The Hall–Kier alpha value is -4.41. The second kappa shape index (κ2) is 14.4. The van der Waals surface area contributed by atoms with E-state index in [1.54, 1.807) is 19.1 Å². The van der Waals surface area contributed by atoms with Crippen molar-refractivity contribution < 1.29 is 28.7 Å². The number of hydrogen-bond acceptors (Lipinski definition) is 7. The fourth-order valence-electron chi connectivity index (χ4n) is 5.85. The number of rotatable bonds is 11. The highest BCUT2D eigenvalue weighted by atomic mass is 16.5. The van der Waals surface area contributed by atoms with Gasteiger partial charge < -0.3 is 30.1 Å². The highest BCUT2D eigenvalue weighted by Gasteiger charge is 2.53. The number of carbonyl (C=O) groups excluding carboxylic acids is 5. The molecule has 0 aromatic heterocycles. The lowest BCUT2D eigenvalue weighted by molar-refractivity contribution is -0.138. The van der Waals surface area contributed by atoms with Crippen molar-refractivity contribution in [1.82, 2.24) is 20.4 Å². The molecule has 1 unspecified atom stereocenters. The van der Waals surface area contributed by atoms with Gasteiger partial charge >= 0.3 is 6.09 Å². The van der Waals surface area contributed by atoms with Gasteiger partial charge in [0, 0.05) is 31.9 Å². The summed E-state index contributed by atoms with van der Waals surface area (Å²) in [6, 6.07) is 13.3. The number of amides is 4. The van der Waals surface area contributed by atoms with E-state index in [4.69, 9.17) is 4.74 Å². The number of ketones is 1. The van der Waals surface area contributed by atoms with E-state index in [9.17, 15) is 24.0 Å². The Bertz CT molecular complexity index is 1350. The van der Waals surface area contributed by atoms with Gasteiger partial charge in [0.1, 0.15) is 24.7 Å². The van der Waals surface area contributed by atoms with Crippen molar-refractivity contribution in [2.75, 3.05) is 32.1 Å². The van der Waals surface area contributed by atoms with Gasteiger partial charge in [-0.1, -0.05) is 51.1 Å². The van der Waals surface area contributed by atoms with Crippen molar-refractivity contribution in [3.8, 4) is 0 Å². The number of alkyl carbamates (subject to hydrolysis) is 1. The van der Waals surface area contributed by atoms with Crippen molar-refractivity contribution in [1.29, 1.82) is 0 Å². The van der Waals surface area contributed by atoms with Gasteiger partial charge in [0.05, 0.1) is 12.6 Å². The molecule has 11 nitrogen and oxygen atoms in total. The first-order valence-electron chi connectivity index (χ1n) is 15.2. The summed E-state index contributed by atoms with van der Waals surface area (Å²) in [5.41, 5.74) is 2.20. The number of fused-ring (bicyclic) bond motifs is 1.